The molecule has 0 amide bonds. The number of fused-ring (bicyclic) bond motifs is 1. The van der Waals surface area contributed by atoms with Crippen LogP contribution in [0, 0.1) is 6.57 Å². The highest BCUT2D eigenvalue weighted by atomic mass is 32.1. The monoisotopic (exact) mass is 317 g/mol. The largest absolute Gasteiger partial charge is 0.363 e. The van der Waals surface area contributed by atoms with Gasteiger partial charge in [0.15, 0.2) is 0 Å². The molecule has 0 unspecified atom stereocenters. The molecule has 0 aromatic carbocycles. The number of anilines is 1. The van der Waals surface area contributed by atoms with E-state index in [9.17, 15) is 4.79 Å². The van der Waals surface area contributed by atoms with Crippen molar-refractivity contribution in [3.63, 3.8) is 0 Å². The first kappa shape index (κ1) is 16.3. The third-order valence-corrected chi connectivity index (χ3v) is 3.98. The van der Waals surface area contributed by atoms with Gasteiger partial charge in [-0.2, -0.15) is 13.5 Å². The van der Waals surface area contributed by atoms with E-state index in [2.05, 4.69) is 27.0 Å². The molecule has 116 valence electrons. The highest BCUT2D eigenvalue weighted by Crippen LogP contribution is 2.27. The van der Waals surface area contributed by atoms with E-state index in [0.29, 0.717) is 5.82 Å². The Bertz CT molecular complexity index is 795. The fourth-order valence-corrected chi connectivity index (χ4v) is 2.78. The van der Waals surface area contributed by atoms with Crippen molar-refractivity contribution in [2.75, 3.05) is 24.5 Å². The summed E-state index contributed by atoms with van der Waals surface area (Å²) < 4.78 is 1.58. The average molecular weight is 317 g/mol. The van der Waals surface area contributed by atoms with Gasteiger partial charge < -0.3 is 19.6 Å². The zero-order chi connectivity index (χ0) is 15.0. The molecule has 1 aliphatic heterocycles. The van der Waals surface area contributed by atoms with E-state index in [1.54, 1.807) is 29.8 Å². The molecule has 1 N–H and O–H groups in total. The van der Waals surface area contributed by atoms with Gasteiger partial charge in [0.1, 0.15) is 0 Å². The average Bonchev–Trinajstić information content (AvgIpc) is 2.51. The van der Waals surface area contributed by atoms with E-state index < -0.39 is 0 Å². The summed E-state index contributed by atoms with van der Waals surface area (Å²) in [5.41, 5.74) is 2.25. The Kier molecular flexibility index (Phi) is 4.74. The summed E-state index contributed by atoms with van der Waals surface area (Å²) in [6.07, 6.45) is 0. The summed E-state index contributed by atoms with van der Waals surface area (Å²) in [6, 6.07) is 5.37. The molecule has 3 rings (SSSR count). The van der Waals surface area contributed by atoms with E-state index in [4.69, 9.17) is 6.57 Å². The van der Waals surface area contributed by atoms with Crippen LogP contribution >= 0.6 is 13.5 Å². The van der Waals surface area contributed by atoms with E-state index >= 15 is 0 Å². The van der Waals surface area contributed by atoms with Crippen molar-refractivity contribution in [2.45, 2.75) is 13.0 Å². The number of hydrogen-bond donors (Lipinski definition) is 1. The molecule has 1 saturated heterocycles. The predicted octanol–water partition coefficient (Wildman–Crippen LogP) is 1.40. The topological polar surface area (TPSA) is 54.5 Å². The van der Waals surface area contributed by atoms with Crippen LogP contribution < -0.4 is 15.8 Å². The fraction of sp³-hybridized carbons (Fsp3) is 0.400. The minimum absolute atomic E-state index is 0. The highest BCUT2D eigenvalue weighted by molar-refractivity contribution is 7.59. The van der Waals surface area contributed by atoms with Gasteiger partial charge in [-0.25, -0.2) is 0 Å². The van der Waals surface area contributed by atoms with Crippen LogP contribution in [-0.2, 0) is 7.05 Å². The van der Waals surface area contributed by atoms with E-state index in [-0.39, 0.29) is 25.1 Å². The fourth-order valence-electron chi connectivity index (χ4n) is 2.78. The molecule has 0 aliphatic carbocycles. The summed E-state index contributed by atoms with van der Waals surface area (Å²) in [4.78, 5) is 22.2. The first-order valence-electron chi connectivity index (χ1n) is 6.97. The molecule has 7 heteroatoms. The Morgan fingerprint density at radius 3 is 2.91 bits per heavy atom. The third-order valence-electron chi connectivity index (χ3n) is 3.98. The summed E-state index contributed by atoms with van der Waals surface area (Å²) in [5.74, 6) is 0.352. The van der Waals surface area contributed by atoms with Crippen LogP contribution in [0.25, 0.3) is 15.9 Å². The number of piperazine rings is 1. The molecule has 0 spiro atoms. The molecule has 0 radical (unpaired) electrons. The van der Waals surface area contributed by atoms with Crippen LogP contribution in [0.5, 0.6) is 0 Å². The summed E-state index contributed by atoms with van der Waals surface area (Å²) in [6.45, 7) is 11.8. The lowest BCUT2D eigenvalue weighted by molar-refractivity contribution is 0.501. The Labute approximate surface area is 136 Å². The smallest absolute Gasteiger partial charge is 0.270 e. The zero-order valence-corrected chi connectivity index (χ0v) is 13.6. The van der Waals surface area contributed by atoms with Gasteiger partial charge in [-0.1, -0.05) is 6.57 Å². The SMILES string of the molecule is S.[C-]#[N+]c1ccc2c(n1)c(N1CCNC[C@@H]1C)cc(=O)n2C. The van der Waals surface area contributed by atoms with Gasteiger partial charge >= 0.3 is 0 Å². The number of rotatable bonds is 1. The van der Waals surface area contributed by atoms with E-state index in [1.165, 1.54) is 0 Å². The molecule has 0 bridgehead atoms. The Balaban J connectivity index is 0.00000176. The molecule has 3 heterocycles. The Morgan fingerprint density at radius 1 is 1.45 bits per heavy atom. The molecule has 0 saturated carbocycles. The zero-order valence-electron chi connectivity index (χ0n) is 12.6. The number of nitrogens with one attached hydrogen (secondary N) is 1. The summed E-state index contributed by atoms with van der Waals surface area (Å²) in [7, 11) is 1.73. The number of aromatic nitrogens is 2. The lowest BCUT2D eigenvalue weighted by Crippen LogP contribution is -2.50. The minimum atomic E-state index is -0.0550. The van der Waals surface area contributed by atoms with Crippen LogP contribution in [-0.4, -0.2) is 35.2 Å². The Morgan fingerprint density at radius 2 is 2.23 bits per heavy atom. The Hall–Kier alpha value is -2.04. The number of nitrogens with zero attached hydrogens (tertiary/aromatic N) is 4. The van der Waals surface area contributed by atoms with E-state index in [0.717, 1.165) is 36.4 Å². The molecule has 2 aromatic heterocycles. The van der Waals surface area contributed by atoms with Crippen LogP contribution in [0.4, 0.5) is 11.5 Å². The van der Waals surface area contributed by atoms with E-state index in [1.807, 2.05) is 0 Å². The van der Waals surface area contributed by atoms with Crippen molar-refractivity contribution in [1.29, 1.82) is 0 Å². The third kappa shape index (κ3) is 2.67. The highest BCUT2D eigenvalue weighted by Gasteiger charge is 2.23. The maximum Gasteiger partial charge on any atom is 0.270 e. The normalized spacial score (nSPS) is 17.9. The minimum Gasteiger partial charge on any atom is -0.363 e. The van der Waals surface area contributed by atoms with Crippen LogP contribution in [0.3, 0.4) is 0 Å². The summed E-state index contributed by atoms with van der Waals surface area (Å²) in [5, 5.41) is 3.34. The second kappa shape index (κ2) is 6.38. The lowest BCUT2D eigenvalue weighted by atomic mass is 10.1. The van der Waals surface area contributed by atoms with Crippen molar-refractivity contribution >= 4 is 36.0 Å². The molecule has 2 aromatic rings. The number of aryl methyl sites for hydroxylation is 1. The maximum absolute atomic E-state index is 12.2. The van der Waals surface area contributed by atoms with Gasteiger partial charge in [0.25, 0.3) is 11.4 Å². The molecular formula is C15H19N5OS. The van der Waals surface area contributed by atoms with Crippen molar-refractivity contribution in [2.24, 2.45) is 7.05 Å². The van der Waals surface area contributed by atoms with Gasteiger partial charge in [0.05, 0.1) is 11.2 Å². The van der Waals surface area contributed by atoms with Crippen molar-refractivity contribution < 1.29 is 0 Å². The maximum atomic E-state index is 12.2. The van der Waals surface area contributed by atoms with Gasteiger partial charge in [-0.3, -0.25) is 4.79 Å². The number of pyridine rings is 2. The van der Waals surface area contributed by atoms with Crippen molar-refractivity contribution in [3.8, 4) is 0 Å². The standard InChI is InChI=1S/C15H17N5O.H2S/c1-10-9-17-6-7-20(10)12-8-14(21)19(3)11-4-5-13(16-2)18-15(11)12;/h4-5,8,10,17H,6-7,9H2,1,3H3;1H2/t10-;/m0./s1. The van der Waals surface area contributed by atoms with Gasteiger partial charge in [0, 0.05) is 38.8 Å². The molecule has 6 nitrogen and oxygen atoms in total. The molecule has 1 fully saturated rings. The first-order valence-corrected chi connectivity index (χ1v) is 6.97. The van der Waals surface area contributed by atoms with Crippen LogP contribution in [0.15, 0.2) is 23.0 Å². The first-order chi connectivity index (χ1) is 10.1. The van der Waals surface area contributed by atoms with Gasteiger partial charge in [0.2, 0.25) is 5.52 Å². The second-order valence-electron chi connectivity index (χ2n) is 5.32. The predicted molar refractivity (Wildman–Crippen MR) is 93.3 cm³/mol. The lowest BCUT2D eigenvalue weighted by Gasteiger charge is -2.35. The molecule has 1 atom stereocenters. The molecule has 22 heavy (non-hydrogen) atoms. The van der Waals surface area contributed by atoms with Crippen LogP contribution in [0.1, 0.15) is 6.92 Å². The van der Waals surface area contributed by atoms with Gasteiger partial charge in [-0.15, -0.1) is 4.98 Å². The molecule has 1 aliphatic rings. The quantitative estimate of drug-likeness (QED) is 0.808. The van der Waals surface area contributed by atoms with Crippen molar-refractivity contribution in [1.82, 2.24) is 14.9 Å². The summed E-state index contributed by atoms with van der Waals surface area (Å²) >= 11 is 0. The van der Waals surface area contributed by atoms with Crippen molar-refractivity contribution in [3.05, 3.63) is 40.0 Å². The van der Waals surface area contributed by atoms with Crippen LogP contribution in [0.2, 0.25) is 0 Å². The molecular weight excluding hydrogens is 298 g/mol. The number of hydrogen-bond acceptors (Lipinski definition) is 4. The second-order valence-corrected chi connectivity index (χ2v) is 5.32. The van der Waals surface area contributed by atoms with Gasteiger partial charge in [-0.05, 0) is 19.1 Å².